The third-order valence-corrected chi connectivity index (χ3v) is 8.29. The monoisotopic (exact) mass is 636 g/mol. The Balaban J connectivity index is 1.49. The van der Waals surface area contributed by atoms with Gasteiger partial charge in [-0.05, 0) is 57.0 Å². The molecule has 2 aliphatic rings. The zero-order valence-corrected chi connectivity index (χ0v) is 26.9. The van der Waals surface area contributed by atoms with Gasteiger partial charge in [0.25, 0.3) is 11.8 Å². The Morgan fingerprint density at radius 1 is 1.02 bits per heavy atom. The summed E-state index contributed by atoms with van der Waals surface area (Å²) in [4.78, 5) is 33.3. The van der Waals surface area contributed by atoms with Crippen LogP contribution in [0.5, 0.6) is 17.2 Å². The highest BCUT2D eigenvalue weighted by Gasteiger charge is 2.35. The van der Waals surface area contributed by atoms with E-state index in [-0.39, 0.29) is 18.4 Å². The van der Waals surface area contributed by atoms with E-state index in [1.165, 1.54) is 0 Å². The van der Waals surface area contributed by atoms with Crippen molar-refractivity contribution in [3.8, 4) is 17.2 Å². The van der Waals surface area contributed by atoms with Crippen molar-refractivity contribution in [2.75, 3.05) is 62.5 Å². The van der Waals surface area contributed by atoms with Gasteiger partial charge in [0.2, 0.25) is 11.1 Å². The summed E-state index contributed by atoms with van der Waals surface area (Å²) in [6, 6.07) is 12.2. The van der Waals surface area contributed by atoms with Crippen LogP contribution in [-0.2, 0) is 14.3 Å². The molecule has 0 aliphatic carbocycles. The first-order valence-electron chi connectivity index (χ1n) is 15.3. The first-order chi connectivity index (χ1) is 21.9. The number of benzene rings is 2. The van der Waals surface area contributed by atoms with Crippen LogP contribution in [0, 0.1) is 0 Å². The van der Waals surface area contributed by atoms with E-state index in [0.29, 0.717) is 84.8 Å². The van der Waals surface area contributed by atoms with Crippen molar-refractivity contribution in [2.24, 2.45) is 0 Å². The Morgan fingerprint density at radius 2 is 1.78 bits per heavy atom. The van der Waals surface area contributed by atoms with Crippen LogP contribution in [0.4, 0.5) is 11.6 Å². The fourth-order valence-electron chi connectivity index (χ4n) is 5.15. The molecule has 45 heavy (non-hydrogen) atoms. The number of thioether (sulfide) groups is 1. The molecule has 1 aromatic heterocycles. The number of carbonyl (C=O) groups excluding carboxylic acids is 2. The van der Waals surface area contributed by atoms with Gasteiger partial charge in [-0.2, -0.15) is 4.98 Å². The number of nitrogens with one attached hydrogen (secondary N) is 2. The third-order valence-electron chi connectivity index (χ3n) is 7.25. The van der Waals surface area contributed by atoms with Gasteiger partial charge in [0.15, 0.2) is 18.1 Å². The summed E-state index contributed by atoms with van der Waals surface area (Å²) in [5, 5.41) is 11.8. The third kappa shape index (κ3) is 7.54. The molecule has 2 amide bonds. The normalized spacial score (nSPS) is 16.1. The van der Waals surface area contributed by atoms with Gasteiger partial charge in [-0.25, -0.2) is 4.68 Å². The predicted octanol–water partition coefficient (Wildman–Crippen LogP) is 4.74. The minimum absolute atomic E-state index is 0.114. The lowest BCUT2D eigenvalue weighted by Crippen LogP contribution is -2.43. The molecule has 12 nitrogen and oxygen atoms in total. The molecular formula is C32H40N6O6S. The van der Waals surface area contributed by atoms with Crippen molar-refractivity contribution < 1.29 is 28.5 Å². The standard InChI is InChI=1S/C32H40N6O6S/c1-5-18-45-32-35-31-33-21(4)28(30(40)34-23-10-8-9-11-24(23)42-6-2)29(38(31)36-32)22-12-13-25(26(19-22)43-7-3)44-20-27(39)37-14-16-41-17-15-37/h8-13,19,29H,5-7,14-18,20H2,1-4H3,(H,34,40)(H,33,35,36). The number of rotatable bonds is 13. The maximum atomic E-state index is 14.1. The molecule has 1 fully saturated rings. The van der Waals surface area contributed by atoms with Gasteiger partial charge in [-0.15, -0.1) is 5.10 Å². The lowest BCUT2D eigenvalue weighted by molar-refractivity contribution is -0.137. The molecule has 0 spiro atoms. The van der Waals surface area contributed by atoms with Gasteiger partial charge >= 0.3 is 0 Å². The topological polar surface area (TPSA) is 129 Å². The number of fused-ring (bicyclic) bond motifs is 1. The summed E-state index contributed by atoms with van der Waals surface area (Å²) in [6.45, 7) is 10.6. The smallest absolute Gasteiger partial charge is 0.260 e. The largest absolute Gasteiger partial charge is 0.492 e. The lowest BCUT2D eigenvalue weighted by Gasteiger charge is -2.29. The SMILES string of the molecule is CCCSc1nc2n(n1)C(c1ccc(OCC(=O)N3CCOCC3)c(OCC)c1)C(C(=O)Nc1ccccc1OCC)=C(C)N2. The summed E-state index contributed by atoms with van der Waals surface area (Å²) >= 11 is 1.56. The second kappa shape index (κ2) is 15.2. The van der Waals surface area contributed by atoms with Gasteiger partial charge in [0, 0.05) is 24.5 Å². The Labute approximate surface area is 267 Å². The van der Waals surface area contributed by atoms with Crippen LogP contribution in [-0.4, -0.2) is 83.4 Å². The van der Waals surface area contributed by atoms with Crippen molar-refractivity contribution in [1.29, 1.82) is 0 Å². The highest BCUT2D eigenvalue weighted by atomic mass is 32.2. The minimum atomic E-state index is -0.632. The molecule has 2 aliphatic heterocycles. The number of amides is 2. The van der Waals surface area contributed by atoms with Gasteiger partial charge in [0.1, 0.15) is 11.8 Å². The quantitative estimate of drug-likeness (QED) is 0.254. The summed E-state index contributed by atoms with van der Waals surface area (Å²) in [5.74, 6) is 2.46. The molecule has 0 bridgehead atoms. The fraction of sp³-hybridized carbons (Fsp3) is 0.438. The molecular weight excluding hydrogens is 596 g/mol. The Hall–Kier alpha value is -4.23. The molecule has 0 radical (unpaired) electrons. The lowest BCUT2D eigenvalue weighted by atomic mass is 9.94. The summed E-state index contributed by atoms with van der Waals surface area (Å²) in [6.07, 6.45) is 0.975. The maximum absolute atomic E-state index is 14.1. The summed E-state index contributed by atoms with van der Waals surface area (Å²) < 4.78 is 24.8. The number of aromatic nitrogens is 3. The first-order valence-corrected chi connectivity index (χ1v) is 16.3. The molecule has 3 heterocycles. The van der Waals surface area contributed by atoms with Crippen molar-refractivity contribution >= 4 is 35.2 Å². The van der Waals surface area contributed by atoms with E-state index in [1.807, 2.05) is 57.2 Å². The first kappa shape index (κ1) is 32.2. The van der Waals surface area contributed by atoms with E-state index in [1.54, 1.807) is 27.4 Å². The highest BCUT2D eigenvalue weighted by Crippen LogP contribution is 2.40. The van der Waals surface area contributed by atoms with Crippen LogP contribution in [0.2, 0.25) is 0 Å². The van der Waals surface area contributed by atoms with Crippen LogP contribution in [0.1, 0.15) is 45.7 Å². The number of allylic oxidation sites excluding steroid dienone is 1. The molecule has 1 saturated heterocycles. The van der Waals surface area contributed by atoms with Crippen LogP contribution >= 0.6 is 11.8 Å². The van der Waals surface area contributed by atoms with E-state index in [9.17, 15) is 9.59 Å². The van der Waals surface area contributed by atoms with Gasteiger partial charge in [-0.1, -0.05) is 36.9 Å². The number of anilines is 2. The van der Waals surface area contributed by atoms with Crippen molar-refractivity contribution in [2.45, 2.75) is 45.3 Å². The molecule has 3 aromatic rings. The molecule has 0 saturated carbocycles. The number of ether oxygens (including phenoxy) is 4. The number of hydrogen-bond donors (Lipinski definition) is 2. The van der Waals surface area contributed by atoms with Crippen molar-refractivity contribution in [1.82, 2.24) is 19.7 Å². The number of morpholine rings is 1. The van der Waals surface area contributed by atoms with Gasteiger partial charge in [0.05, 0.1) is 37.7 Å². The van der Waals surface area contributed by atoms with Crippen LogP contribution < -0.4 is 24.8 Å². The minimum Gasteiger partial charge on any atom is -0.492 e. The number of para-hydroxylation sites is 2. The van der Waals surface area contributed by atoms with Gasteiger partial charge < -0.3 is 34.5 Å². The van der Waals surface area contributed by atoms with Crippen molar-refractivity contribution in [3.05, 3.63) is 59.3 Å². The summed E-state index contributed by atoms with van der Waals surface area (Å²) in [5.41, 5.74) is 2.42. The molecule has 5 rings (SSSR count). The van der Waals surface area contributed by atoms with E-state index < -0.39 is 6.04 Å². The molecule has 1 atom stereocenters. The fourth-order valence-corrected chi connectivity index (χ4v) is 5.84. The summed E-state index contributed by atoms with van der Waals surface area (Å²) in [7, 11) is 0. The number of carbonyl (C=O) groups is 2. The second-order valence-electron chi connectivity index (χ2n) is 10.4. The molecule has 240 valence electrons. The van der Waals surface area contributed by atoms with E-state index >= 15 is 0 Å². The molecule has 13 heteroatoms. The van der Waals surface area contributed by atoms with E-state index in [2.05, 4.69) is 17.6 Å². The molecule has 1 unspecified atom stereocenters. The number of nitrogens with zero attached hydrogens (tertiary/aromatic N) is 4. The zero-order valence-electron chi connectivity index (χ0n) is 26.1. The van der Waals surface area contributed by atoms with Crippen LogP contribution in [0.15, 0.2) is 58.9 Å². The van der Waals surface area contributed by atoms with Crippen LogP contribution in [0.3, 0.4) is 0 Å². The Kier molecular flexibility index (Phi) is 10.8. The van der Waals surface area contributed by atoms with Crippen LogP contribution in [0.25, 0.3) is 0 Å². The van der Waals surface area contributed by atoms with E-state index in [4.69, 9.17) is 29.0 Å². The molecule has 2 N–H and O–H groups in total. The molecule has 2 aromatic carbocycles. The maximum Gasteiger partial charge on any atom is 0.260 e. The van der Waals surface area contributed by atoms with Crippen molar-refractivity contribution in [3.63, 3.8) is 0 Å². The predicted molar refractivity (Wildman–Crippen MR) is 172 cm³/mol. The van der Waals surface area contributed by atoms with E-state index in [0.717, 1.165) is 17.7 Å². The Bertz CT molecular complexity index is 1540. The average Bonchev–Trinajstić information content (AvgIpc) is 3.46. The average molecular weight is 637 g/mol. The van der Waals surface area contributed by atoms with Gasteiger partial charge in [-0.3, -0.25) is 9.59 Å². The second-order valence-corrected chi connectivity index (χ2v) is 11.4. The number of hydrogen-bond acceptors (Lipinski definition) is 10. The zero-order chi connectivity index (χ0) is 31.8. The highest BCUT2D eigenvalue weighted by molar-refractivity contribution is 7.99. The Morgan fingerprint density at radius 3 is 2.53 bits per heavy atom.